The van der Waals surface area contributed by atoms with Crippen LogP contribution in [0.5, 0.6) is 0 Å². The van der Waals surface area contributed by atoms with Gasteiger partial charge in [0.05, 0.1) is 0 Å². The van der Waals surface area contributed by atoms with E-state index in [-0.39, 0.29) is 11.7 Å². The van der Waals surface area contributed by atoms with E-state index in [1.807, 2.05) is 4.90 Å². The van der Waals surface area contributed by atoms with Crippen molar-refractivity contribution in [2.75, 3.05) is 39.3 Å². The summed E-state index contributed by atoms with van der Waals surface area (Å²) in [5.74, 6) is -3.94. The summed E-state index contributed by atoms with van der Waals surface area (Å²) < 4.78 is 13.1. The molecule has 0 atom stereocenters. The average molecular weight is 472 g/mol. The Morgan fingerprint density at radius 2 is 1.35 bits per heavy atom. The number of halogens is 1. The highest BCUT2D eigenvalue weighted by molar-refractivity contribution is 6.27. The number of carboxylic acids is 2. The molecular formula is C25H30FN3O5. The van der Waals surface area contributed by atoms with E-state index in [1.54, 1.807) is 12.1 Å². The summed E-state index contributed by atoms with van der Waals surface area (Å²) in [4.78, 5) is 37.8. The Kier molecular flexibility index (Phi) is 9.12. The molecule has 2 aliphatic rings. The molecule has 4 rings (SSSR count). The standard InChI is InChI=1S/C23H28FN3O.C2H2O4/c24-21-8-6-20(7-9-21)23(28)27-16-14-26(15-17-27)22-10-12-25(13-11-22)18-19-4-2-1-3-5-19;3-1(4)2(5)6/h1-9,22H,10-18H2;(H,3,4)(H,5,6). The number of hydrogen-bond donors (Lipinski definition) is 2. The van der Waals surface area contributed by atoms with Crippen LogP contribution in [0.4, 0.5) is 4.39 Å². The molecule has 0 bridgehead atoms. The summed E-state index contributed by atoms with van der Waals surface area (Å²) in [6, 6.07) is 17.2. The van der Waals surface area contributed by atoms with Crippen molar-refractivity contribution < 1.29 is 29.0 Å². The highest BCUT2D eigenvalue weighted by Gasteiger charge is 2.29. The fourth-order valence-corrected chi connectivity index (χ4v) is 4.35. The van der Waals surface area contributed by atoms with Crippen LogP contribution in [0.3, 0.4) is 0 Å². The lowest BCUT2D eigenvalue weighted by Crippen LogP contribution is -2.54. The molecule has 2 N–H and O–H groups in total. The van der Waals surface area contributed by atoms with Crippen molar-refractivity contribution in [3.63, 3.8) is 0 Å². The third-order valence-electron chi connectivity index (χ3n) is 6.20. The number of rotatable bonds is 4. The summed E-state index contributed by atoms with van der Waals surface area (Å²) in [6.45, 7) is 6.66. The van der Waals surface area contributed by atoms with Gasteiger partial charge < -0.3 is 15.1 Å². The van der Waals surface area contributed by atoms with Crippen LogP contribution in [-0.4, -0.2) is 88.1 Å². The van der Waals surface area contributed by atoms with E-state index in [2.05, 4.69) is 40.1 Å². The number of carbonyl (C=O) groups is 3. The van der Waals surface area contributed by atoms with Crippen LogP contribution in [0.25, 0.3) is 0 Å². The van der Waals surface area contributed by atoms with Crippen molar-refractivity contribution in [3.05, 3.63) is 71.5 Å². The molecule has 2 fully saturated rings. The molecule has 2 aliphatic heterocycles. The second-order valence-corrected chi connectivity index (χ2v) is 8.44. The highest BCUT2D eigenvalue weighted by atomic mass is 19.1. The molecule has 0 aromatic heterocycles. The van der Waals surface area contributed by atoms with E-state index in [4.69, 9.17) is 19.8 Å². The molecule has 2 heterocycles. The molecular weight excluding hydrogens is 441 g/mol. The average Bonchev–Trinajstić information content (AvgIpc) is 2.86. The van der Waals surface area contributed by atoms with E-state index < -0.39 is 11.9 Å². The number of benzene rings is 2. The van der Waals surface area contributed by atoms with Crippen molar-refractivity contribution in [1.82, 2.24) is 14.7 Å². The molecule has 34 heavy (non-hydrogen) atoms. The first kappa shape index (κ1) is 25.3. The first-order valence-corrected chi connectivity index (χ1v) is 11.3. The first-order chi connectivity index (χ1) is 16.3. The minimum absolute atomic E-state index is 0.0114. The molecule has 0 saturated carbocycles. The van der Waals surface area contributed by atoms with Gasteiger partial charge in [0.25, 0.3) is 5.91 Å². The van der Waals surface area contributed by atoms with Crippen LogP contribution < -0.4 is 0 Å². The number of aliphatic carboxylic acids is 2. The molecule has 9 heteroatoms. The minimum Gasteiger partial charge on any atom is -0.473 e. The van der Waals surface area contributed by atoms with Gasteiger partial charge in [0.15, 0.2) is 0 Å². The van der Waals surface area contributed by atoms with Gasteiger partial charge >= 0.3 is 11.9 Å². The normalized spacial score (nSPS) is 17.5. The van der Waals surface area contributed by atoms with E-state index in [0.717, 1.165) is 45.8 Å². The lowest BCUT2D eigenvalue weighted by atomic mass is 10.0. The zero-order chi connectivity index (χ0) is 24.5. The predicted molar refractivity (Wildman–Crippen MR) is 124 cm³/mol. The Bertz CT molecular complexity index is 942. The van der Waals surface area contributed by atoms with Crippen LogP contribution in [0.15, 0.2) is 54.6 Å². The first-order valence-electron chi connectivity index (χ1n) is 11.3. The van der Waals surface area contributed by atoms with Crippen LogP contribution in [0, 0.1) is 5.82 Å². The van der Waals surface area contributed by atoms with Gasteiger partial charge in [0, 0.05) is 44.3 Å². The molecule has 182 valence electrons. The molecule has 2 aromatic carbocycles. The molecule has 0 aliphatic carbocycles. The summed E-state index contributed by atoms with van der Waals surface area (Å²) in [5.41, 5.74) is 1.96. The van der Waals surface area contributed by atoms with Crippen LogP contribution >= 0.6 is 0 Å². The third kappa shape index (κ3) is 7.36. The number of hydrogen-bond acceptors (Lipinski definition) is 5. The monoisotopic (exact) mass is 471 g/mol. The quantitative estimate of drug-likeness (QED) is 0.661. The summed E-state index contributed by atoms with van der Waals surface area (Å²) in [5, 5.41) is 14.8. The second-order valence-electron chi connectivity index (χ2n) is 8.44. The maximum absolute atomic E-state index is 13.1. The van der Waals surface area contributed by atoms with Gasteiger partial charge in [-0.25, -0.2) is 14.0 Å². The van der Waals surface area contributed by atoms with E-state index >= 15 is 0 Å². The zero-order valence-corrected chi connectivity index (χ0v) is 19.0. The number of amides is 1. The second kappa shape index (κ2) is 12.2. The van der Waals surface area contributed by atoms with Crippen LogP contribution in [0.1, 0.15) is 28.8 Å². The van der Waals surface area contributed by atoms with Gasteiger partial charge in [-0.1, -0.05) is 30.3 Å². The number of carboxylic acid groups (broad SMARTS) is 2. The molecule has 2 saturated heterocycles. The van der Waals surface area contributed by atoms with Gasteiger partial charge in [-0.3, -0.25) is 14.6 Å². The largest absolute Gasteiger partial charge is 0.473 e. The van der Waals surface area contributed by atoms with Crippen molar-refractivity contribution in [1.29, 1.82) is 0 Å². The van der Waals surface area contributed by atoms with Crippen molar-refractivity contribution >= 4 is 17.8 Å². The molecule has 0 radical (unpaired) electrons. The molecule has 8 nitrogen and oxygen atoms in total. The Balaban J connectivity index is 0.000000481. The summed E-state index contributed by atoms with van der Waals surface area (Å²) in [6.07, 6.45) is 2.39. The van der Waals surface area contributed by atoms with Crippen LogP contribution in [0.2, 0.25) is 0 Å². The Labute approximate surface area is 198 Å². The van der Waals surface area contributed by atoms with Crippen molar-refractivity contribution in [3.8, 4) is 0 Å². The minimum atomic E-state index is -1.82. The van der Waals surface area contributed by atoms with Gasteiger partial charge in [0.2, 0.25) is 0 Å². The Morgan fingerprint density at radius 1 is 0.794 bits per heavy atom. The predicted octanol–water partition coefficient (Wildman–Crippen LogP) is 2.40. The van der Waals surface area contributed by atoms with E-state index in [1.165, 1.54) is 30.5 Å². The van der Waals surface area contributed by atoms with Gasteiger partial charge in [-0.05, 0) is 55.8 Å². The van der Waals surface area contributed by atoms with E-state index in [9.17, 15) is 9.18 Å². The Hall–Kier alpha value is -3.30. The number of piperidine rings is 1. The fraction of sp³-hybridized carbons (Fsp3) is 0.400. The van der Waals surface area contributed by atoms with Crippen molar-refractivity contribution in [2.45, 2.75) is 25.4 Å². The smallest absolute Gasteiger partial charge is 0.414 e. The topological polar surface area (TPSA) is 101 Å². The van der Waals surface area contributed by atoms with Crippen LogP contribution in [-0.2, 0) is 16.1 Å². The number of likely N-dealkylation sites (tertiary alicyclic amines) is 1. The lowest BCUT2D eigenvalue weighted by molar-refractivity contribution is -0.159. The summed E-state index contributed by atoms with van der Waals surface area (Å²) in [7, 11) is 0. The van der Waals surface area contributed by atoms with E-state index in [0.29, 0.717) is 11.6 Å². The van der Waals surface area contributed by atoms with Gasteiger partial charge in [-0.2, -0.15) is 0 Å². The molecule has 0 spiro atoms. The lowest BCUT2D eigenvalue weighted by Gasteiger charge is -2.42. The SMILES string of the molecule is O=C(O)C(=O)O.O=C(c1ccc(F)cc1)N1CCN(C2CCN(Cc3ccccc3)CC2)CC1. The summed E-state index contributed by atoms with van der Waals surface area (Å²) >= 11 is 0. The van der Waals surface area contributed by atoms with Gasteiger partial charge in [-0.15, -0.1) is 0 Å². The molecule has 1 amide bonds. The van der Waals surface area contributed by atoms with Crippen molar-refractivity contribution in [2.24, 2.45) is 0 Å². The highest BCUT2D eigenvalue weighted by Crippen LogP contribution is 2.20. The Morgan fingerprint density at radius 3 is 1.88 bits per heavy atom. The fourth-order valence-electron chi connectivity index (χ4n) is 4.35. The maximum atomic E-state index is 13.1. The number of piperazine rings is 1. The third-order valence-corrected chi connectivity index (χ3v) is 6.20. The zero-order valence-electron chi connectivity index (χ0n) is 19.0. The number of nitrogens with zero attached hydrogens (tertiary/aromatic N) is 3. The van der Waals surface area contributed by atoms with Gasteiger partial charge in [0.1, 0.15) is 5.82 Å². The maximum Gasteiger partial charge on any atom is 0.414 e. The number of carbonyl (C=O) groups excluding carboxylic acids is 1. The molecule has 2 aromatic rings. The molecule has 0 unspecified atom stereocenters.